The third-order valence-electron chi connectivity index (χ3n) is 4.41. The molecule has 0 atom stereocenters. The highest BCUT2D eigenvalue weighted by atomic mass is 35.5. The smallest absolute Gasteiger partial charge is 0.255 e. The highest BCUT2D eigenvalue weighted by Crippen LogP contribution is 2.25. The van der Waals surface area contributed by atoms with Gasteiger partial charge in [0.1, 0.15) is 18.1 Å². The van der Waals surface area contributed by atoms with E-state index in [2.05, 4.69) is 5.32 Å². The van der Waals surface area contributed by atoms with Crippen molar-refractivity contribution < 1.29 is 14.3 Å². The minimum atomic E-state index is -0.218. The first kappa shape index (κ1) is 19.8. The molecule has 0 saturated heterocycles. The fourth-order valence-electron chi connectivity index (χ4n) is 2.75. The Morgan fingerprint density at radius 3 is 2.46 bits per heavy atom. The summed E-state index contributed by atoms with van der Waals surface area (Å²) in [6, 6.07) is 18.5. The third kappa shape index (κ3) is 4.84. The third-order valence-corrected chi connectivity index (χ3v) is 4.64. The lowest BCUT2D eigenvalue weighted by Crippen LogP contribution is -2.13. The molecule has 0 aromatic heterocycles. The van der Waals surface area contributed by atoms with Crippen LogP contribution in [0.4, 0.5) is 5.69 Å². The molecule has 3 aromatic carbocycles. The summed E-state index contributed by atoms with van der Waals surface area (Å²) in [4.78, 5) is 12.7. The Bertz CT molecular complexity index is 984. The van der Waals surface area contributed by atoms with Gasteiger partial charge in [0.15, 0.2) is 0 Å². The second kappa shape index (κ2) is 8.81. The normalized spacial score (nSPS) is 10.4. The molecule has 0 aliphatic carbocycles. The van der Waals surface area contributed by atoms with Crippen molar-refractivity contribution in [2.75, 3.05) is 12.4 Å². The lowest BCUT2D eigenvalue weighted by atomic mass is 10.1. The number of hydrogen-bond acceptors (Lipinski definition) is 3. The second-order valence-corrected chi connectivity index (χ2v) is 6.98. The van der Waals surface area contributed by atoms with E-state index < -0.39 is 0 Å². The molecule has 1 N–H and O–H groups in total. The van der Waals surface area contributed by atoms with Crippen LogP contribution in [0, 0.1) is 13.8 Å². The molecule has 0 unspecified atom stereocenters. The number of nitrogens with one attached hydrogen (secondary N) is 1. The van der Waals surface area contributed by atoms with Crippen LogP contribution in [0.5, 0.6) is 11.5 Å². The van der Waals surface area contributed by atoms with E-state index in [9.17, 15) is 4.79 Å². The van der Waals surface area contributed by atoms with E-state index in [0.29, 0.717) is 28.6 Å². The number of carbonyl (C=O) groups is 1. The van der Waals surface area contributed by atoms with E-state index in [0.717, 1.165) is 16.9 Å². The van der Waals surface area contributed by atoms with Crippen LogP contribution >= 0.6 is 11.6 Å². The largest absolute Gasteiger partial charge is 0.496 e. The average molecular weight is 396 g/mol. The van der Waals surface area contributed by atoms with Crippen molar-refractivity contribution in [1.29, 1.82) is 0 Å². The molecule has 0 bridgehead atoms. The minimum Gasteiger partial charge on any atom is -0.496 e. The lowest BCUT2D eigenvalue weighted by Gasteiger charge is -2.13. The molecule has 1 amide bonds. The molecule has 3 rings (SSSR count). The fourth-order valence-corrected chi connectivity index (χ4v) is 2.92. The van der Waals surface area contributed by atoms with Gasteiger partial charge in [-0.3, -0.25) is 4.79 Å². The standard InChI is InChI=1S/C23H22ClNO3/c1-15-4-9-20(10-5-15)28-14-18-12-17(7-11-22(18)27-3)23(26)25-21-13-19(24)8-6-16(21)2/h4-13H,14H2,1-3H3,(H,25,26). The Morgan fingerprint density at radius 2 is 1.75 bits per heavy atom. The number of hydrogen-bond donors (Lipinski definition) is 1. The molecular formula is C23H22ClNO3. The number of benzene rings is 3. The summed E-state index contributed by atoms with van der Waals surface area (Å²) in [6.45, 7) is 4.24. The van der Waals surface area contributed by atoms with E-state index in [1.807, 2.05) is 44.2 Å². The van der Waals surface area contributed by atoms with Crippen molar-refractivity contribution in [2.45, 2.75) is 20.5 Å². The minimum absolute atomic E-state index is 0.218. The Balaban J connectivity index is 1.78. The van der Waals surface area contributed by atoms with Gasteiger partial charge < -0.3 is 14.8 Å². The summed E-state index contributed by atoms with van der Waals surface area (Å²) in [5.41, 5.74) is 4.10. The highest BCUT2D eigenvalue weighted by molar-refractivity contribution is 6.31. The predicted molar refractivity (Wildman–Crippen MR) is 113 cm³/mol. The van der Waals surface area contributed by atoms with Crippen molar-refractivity contribution >= 4 is 23.2 Å². The van der Waals surface area contributed by atoms with Crippen LogP contribution in [-0.2, 0) is 6.61 Å². The molecule has 0 spiro atoms. The summed E-state index contributed by atoms with van der Waals surface area (Å²) < 4.78 is 11.3. The maximum absolute atomic E-state index is 12.7. The molecule has 28 heavy (non-hydrogen) atoms. The van der Waals surface area contributed by atoms with Gasteiger partial charge >= 0.3 is 0 Å². The van der Waals surface area contributed by atoms with Gasteiger partial charge in [-0.2, -0.15) is 0 Å². The van der Waals surface area contributed by atoms with Gasteiger partial charge in [0, 0.05) is 21.8 Å². The molecule has 0 heterocycles. The molecule has 0 aliphatic rings. The van der Waals surface area contributed by atoms with Crippen LogP contribution in [0.3, 0.4) is 0 Å². The molecule has 0 radical (unpaired) electrons. The number of rotatable bonds is 6. The van der Waals surface area contributed by atoms with Crippen LogP contribution in [0.15, 0.2) is 60.7 Å². The second-order valence-electron chi connectivity index (χ2n) is 6.54. The van der Waals surface area contributed by atoms with Crippen molar-refractivity contribution in [3.63, 3.8) is 0 Å². The van der Waals surface area contributed by atoms with Gasteiger partial charge in [0.25, 0.3) is 5.91 Å². The first-order valence-corrected chi connectivity index (χ1v) is 9.28. The van der Waals surface area contributed by atoms with Crippen LogP contribution in [0.25, 0.3) is 0 Å². The van der Waals surface area contributed by atoms with Gasteiger partial charge in [-0.15, -0.1) is 0 Å². The van der Waals surface area contributed by atoms with Crippen molar-refractivity contribution in [3.8, 4) is 11.5 Å². The number of aryl methyl sites for hydroxylation is 2. The first-order chi connectivity index (χ1) is 13.5. The van der Waals surface area contributed by atoms with Crippen molar-refractivity contribution in [3.05, 3.63) is 87.9 Å². The molecule has 0 saturated carbocycles. The Hall–Kier alpha value is -2.98. The topological polar surface area (TPSA) is 47.6 Å². The van der Waals surface area contributed by atoms with Gasteiger partial charge in [0.2, 0.25) is 0 Å². The number of methoxy groups -OCH3 is 1. The molecule has 0 fully saturated rings. The van der Waals surface area contributed by atoms with Crippen LogP contribution < -0.4 is 14.8 Å². The van der Waals surface area contributed by atoms with Crippen LogP contribution in [0.1, 0.15) is 27.0 Å². The number of amides is 1. The Morgan fingerprint density at radius 1 is 1.00 bits per heavy atom. The summed E-state index contributed by atoms with van der Waals surface area (Å²) in [6.07, 6.45) is 0. The van der Waals surface area contributed by atoms with Gasteiger partial charge in [0.05, 0.1) is 7.11 Å². The maximum Gasteiger partial charge on any atom is 0.255 e. The molecule has 144 valence electrons. The summed E-state index contributed by atoms with van der Waals surface area (Å²) in [5.74, 6) is 1.21. The molecule has 4 nitrogen and oxygen atoms in total. The van der Waals surface area contributed by atoms with E-state index in [1.165, 1.54) is 5.56 Å². The fraction of sp³-hybridized carbons (Fsp3) is 0.174. The molecule has 0 aliphatic heterocycles. The molecule has 5 heteroatoms. The van der Waals surface area contributed by atoms with Gasteiger partial charge in [-0.25, -0.2) is 0 Å². The Kier molecular flexibility index (Phi) is 6.22. The van der Waals surface area contributed by atoms with Crippen molar-refractivity contribution in [2.24, 2.45) is 0 Å². The SMILES string of the molecule is COc1ccc(C(=O)Nc2cc(Cl)ccc2C)cc1COc1ccc(C)cc1. The molecular weight excluding hydrogens is 374 g/mol. The zero-order valence-electron chi connectivity index (χ0n) is 16.1. The summed E-state index contributed by atoms with van der Waals surface area (Å²) in [5, 5.41) is 3.48. The van der Waals surface area contributed by atoms with Gasteiger partial charge in [-0.1, -0.05) is 35.4 Å². The lowest BCUT2D eigenvalue weighted by molar-refractivity contribution is 0.102. The number of halogens is 1. The quantitative estimate of drug-likeness (QED) is 0.574. The maximum atomic E-state index is 12.7. The summed E-state index contributed by atoms with van der Waals surface area (Å²) in [7, 11) is 1.60. The van der Waals surface area contributed by atoms with E-state index in [4.69, 9.17) is 21.1 Å². The number of carbonyl (C=O) groups excluding carboxylic acids is 1. The van der Waals surface area contributed by atoms with Crippen LogP contribution in [0.2, 0.25) is 5.02 Å². The zero-order valence-corrected chi connectivity index (χ0v) is 16.8. The van der Waals surface area contributed by atoms with E-state index >= 15 is 0 Å². The number of anilines is 1. The van der Waals surface area contributed by atoms with Crippen molar-refractivity contribution in [1.82, 2.24) is 0 Å². The number of ether oxygens (including phenoxy) is 2. The predicted octanol–water partition coefficient (Wildman–Crippen LogP) is 5.80. The van der Waals surface area contributed by atoms with Crippen LogP contribution in [-0.4, -0.2) is 13.0 Å². The highest BCUT2D eigenvalue weighted by Gasteiger charge is 2.12. The van der Waals surface area contributed by atoms with E-state index in [1.54, 1.807) is 37.4 Å². The average Bonchev–Trinajstić information content (AvgIpc) is 2.70. The van der Waals surface area contributed by atoms with Gasteiger partial charge in [-0.05, 0) is 61.9 Å². The zero-order chi connectivity index (χ0) is 20.1. The monoisotopic (exact) mass is 395 g/mol. The first-order valence-electron chi connectivity index (χ1n) is 8.90. The van der Waals surface area contributed by atoms with E-state index in [-0.39, 0.29) is 5.91 Å². The Labute approximate surface area is 170 Å². The summed E-state index contributed by atoms with van der Waals surface area (Å²) >= 11 is 6.04. The molecule has 3 aromatic rings.